The van der Waals surface area contributed by atoms with Crippen LogP contribution in [0.4, 0.5) is 5.95 Å². The summed E-state index contributed by atoms with van der Waals surface area (Å²) in [7, 11) is 0. The molecular formula is C20H26N4O2. The fourth-order valence-electron chi connectivity index (χ4n) is 4.02. The normalized spacial score (nSPS) is 20.8. The number of hydrogen-bond donors (Lipinski definition) is 2. The van der Waals surface area contributed by atoms with Gasteiger partial charge in [-0.2, -0.15) is 0 Å². The molecule has 1 atom stereocenters. The largest absolute Gasteiger partial charge is 0.508 e. The van der Waals surface area contributed by atoms with E-state index < -0.39 is 0 Å². The number of nitrogens with zero attached hydrogens (tertiary/aromatic N) is 3. The number of nitrogens with one attached hydrogen (secondary N) is 1. The molecule has 1 fully saturated rings. The second-order valence-corrected chi connectivity index (χ2v) is 7.60. The van der Waals surface area contributed by atoms with Gasteiger partial charge in [-0.1, -0.05) is 25.1 Å². The van der Waals surface area contributed by atoms with Crippen LogP contribution in [0.3, 0.4) is 0 Å². The van der Waals surface area contributed by atoms with Crippen molar-refractivity contribution in [3.8, 4) is 5.75 Å². The summed E-state index contributed by atoms with van der Waals surface area (Å²) in [4.78, 5) is 24.9. The van der Waals surface area contributed by atoms with Crippen LogP contribution in [-0.4, -0.2) is 39.6 Å². The minimum absolute atomic E-state index is 0.0230. The number of benzene rings is 1. The molecule has 3 heterocycles. The predicted octanol–water partition coefficient (Wildman–Crippen LogP) is 2.27. The quantitative estimate of drug-likeness (QED) is 0.885. The highest BCUT2D eigenvalue weighted by Gasteiger charge is 2.24. The summed E-state index contributed by atoms with van der Waals surface area (Å²) in [5, 5.41) is 9.98. The van der Waals surface area contributed by atoms with Crippen LogP contribution in [0.15, 0.2) is 29.1 Å². The van der Waals surface area contributed by atoms with E-state index in [0.29, 0.717) is 24.8 Å². The molecule has 1 aromatic carbocycles. The van der Waals surface area contributed by atoms with Crippen molar-refractivity contribution in [1.29, 1.82) is 0 Å². The number of aromatic amines is 1. The lowest BCUT2D eigenvalue weighted by Gasteiger charge is -2.33. The second-order valence-electron chi connectivity index (χ2n) is 7.60. The number of anilines is 1. The van der Waals surface area contributed by atoms with Gasteiger partial charge < -0.3 is 10.0 Å². The first-order valence-electron chi connectivity index (χ1n) is 9.46. The van der Waals surface area contributed by atoms with E-state index in [1.54, 1.807) is 6.07 Å². The Balaban J connectivity index is 1.53. The van der Waals surface area contributed by atoms with E-state index in [1.165, 1.54) is 6.42 Å². The van der Waals surface area contributed by atoms with Gasteiger partial charge in [0.25, 0.3) is 5.56 Å². The monoisotopic (exact) mass is 354 g/mol. The molecule has 6 heteroatoms. The van der Waals surface area contributed by atoms with Crippen LogP contribution in [0, 0.1) is 5.92 Å². The SMILES string of the molecule is CC1CCCN(c2nc3c(c(=O)[nH]2)CN(Cc2ccccc2O)CC3)C1. The Morgan fingerprint density at radius 2 is 2.15 bits per heavy atom. The van der Waals surface area contributed by atoms with Crippen molar-refractivity contribution in [3.05, 3.63) is 51.4 Å². The van der Waals surface area contributed by atoms with Crippen LogP contribution in [-0.2, 0) is 19.5 Å². The molecule has 1 aromatic heterocycles. The standard InChI is InChI=1S/C20H26N4O2/c1-14-5-4-9-24(11-14)20-21-17-8-10-23(13-16(17)19(26)22-20)12-15-6-2-3-7-18(15)25/h2-3,6-7,14,25H,4-5,8-13H2,1H3,(H,21,22,26). The van der Waals surface area contributed by atoms with Gasteiger partial charge in [0.15, 0.2) is 0 Å². The van der Waals surface area contributed by atoms with Crippen LogP contribution in [0.2, 0.25) is 0 Å². The Labute approximate surface area is 153 Å². The molecule has 6 nitrogen and oxygen atoms in total. The van der Waals surface area contributed by atoms with Crippen molar-refractivity contribution in [2.24, 2.45) is 5.92 Å². The third kappa shape index (κ3) is 3.46. The molecule has 26 heavy (non-hydrogen) atoms. The van der Waals surface area contributed by atoms with Gasteiger partial charge in [-0.05, 0) is 24.8 Å². The van der Waals surface area contributed by atoms with Gasteiger partial charge in [0.1, 0.15) is 5.75 Å². The number of rotatable bonds is 3. The molecule has 0 amide bonds. The Morgan fingerprint density at radius 1 is 1.31 bits per heavy atom. The Bertz CT molecular complexity index is 848. The lowest BCUT2D eigenvalue weighted by Crippen LogP contribution is -2.39. The van der Waals surface area contributed by atoms with Crippen molar-refractivity contribution in [2.45, 2.75) is 39.3 Å². The molecule has 0 aliphatic carbocycles. The van der Waals surface area contributed by atoms with Crippen molar-refractivity contribution in [1.82, 2.24) is 14.9 Å². The number of H-pyrrole nitrogens is 1. The average molecular weight is 354 g/mol. The molecule has 0 radical (unpaired) electrons. The molecule has 138 valence electrons. The van der Waals surface area contributed by atoms with Crippen LogP contribution < -0.4 is 10.5 Å². The highest BCUT2D eigenvalue weighted by atomic mass is 16.3. The molecule has 4 rings (SSSR count). The van der Waals surface area contributed by atoms with Crippen LogP contribution in [0.1, 0.15) is 36.6 Å². The van der Waals surface area contributed by atoms with E-state index >= 15 is 0 Å². The maximum atomic E-state index is 12.7. The number of phenolic OH excluding ortho intramolecular Hbond substituents is 1. The zero-order valence-corrected chi connectivity index (χ0v) is 15.2. The predicted molar refractivity (Wildman–Crippen MR) is 101 cm³/mol. The minimum atomic E-state index is -0.0230. The number of fused-ring (bicyclic) bond motifs is 1. The zero-order chi connectivity index (χ0) is 18.1. The summed E-state index contributed by atoms with van der Waals surface area (Å²) in [5.74, 6) is 1.67. The minimum Gasteiger partial charge on any atom is -0.508 e. The van der Waals surface area contributed by atoms with E-state index in [9.17, 15) is 9.90 Å². The molecule has 2 aromatic rings. The van der Waals surface area contributed by atoms with Gasteiger partial charge >= 0.3 is 0 Å². The lowest BCUT2D eigenvalue weighted by atomic mass is 10.0. The van der Waals surface area contributed by atoms with Crippen molar-refractivity contribution in [3.63, 3.8) is 0 Å². The third-order valence-corrected chi connectivity index (χ3v) is 5.48. The Hall–Kier alpha value is -2.34. The maximum Gasteiger partial charge on any atom is 0.257 e. The summed E-state index contributed by atoms with van der Waals surface area (Å²) in [5.41, 5.74) is 2.56. The molecule has 1 unspecified atom stereocenters. The van der Waals surface area contributed by atoms with E-state index in [1.807, 2.05) is 18.2 Å². The average Bonchev–Trinajstić information content (AvgIpc) is 2.64. The summed E-state index contributed by atoms with van der Waals surface area (Å²) >= 11 is 0. The maximum absolute atomic E-state index is 12.7. The fourth-order valence-corrected chi connectivity index (χ4v) is 4.02. The molecule has 2 aliphatic heterocycles. The van der Waals surface area contributed by atoms with Crippen LogP contribution >= 0.6 is 0 Å². The number of aromatic nitrogens is 2. The van der Waals surface area contributed by atoms with Crippen molar-refractivity contribution >= 4 is 5.95 Å². The smallest absolute Gasteiger partial charge is 0.257 e. The Morgan fingerprint density at radius 3 is 2.96 bits per heavy atom. The van der Waals surface area contributed by atoms with E-state index in [2.05, 4.69) is 21.7 Å². The molecular weight excluding hydrogens is 328 g/mol. The molecule has 0 bridgehead atoms. The fraction of sp³-hybridized carbons (Fsp3) is 0.500. The summed E-state index contributed by atoms with van der Waals surface area (Å²) in [6.45, 7) is 6.22. The first-order valence-corrected chi connectivity index (χ1v) is 9.46. The van der Waals surface area contributed by atoms with E-state index in [4.69, 9.17) is 4.98 Å². The van der Waals surface area contributed by atoms with Crippen LogP contribution in [0.5, 0.6) is 5.75 Å². The highest BCUT2D eigenvalue weighted by molar-refractivity contribution is 5.36. The number of piperidine rings is 1. The summed E-state index contributed by atoms with van der Waals surface area (Å²) in [6.07, 6.45) is 3.16. The molecule has 1 saturated heterocycles. The lowest BCUT2D eigenvalue weighted by molar-refractivity contribution is 0.238. The van der Waals surface area contributed by atoms with Gasteiger partial charge in [-0.25, -0.2) is 4.98 Å². The highest BCUT2D eigenvalue weighted by Crippen LogP contribution is 2.24. The topological polar surface area (TPSA) is 72.5 Å². The number of hydrogen-bond acceptors (Lipinski definition) is 5. The van der Waals surface area contributed by atoms with Gasteiger partial charge in [0, 0.05) is 44.7 Å². The van der Waals surface area contributed by atoms with Crippen molar-refractivity contribution < 1.29 is 5.11 Å². The van der Waals surface area contributed by atoms with Gasteiger partial charge in [0.05, 0.1) is 11.3 Å². The van der Waals surface area contributed by atoms with Crippen LogP contribution in [0.25, 0.3) is 0 Å². The number of aromatic hydroxyl groups is 1. The molecule has 0 saturated carbocycles. The molecule has 0 spiro atoms. The summed E-state index contributed by atoms with van der Waals surface area (Å²) < 4.78 is 0. The number of para-hydroxylation sites is 1. The molecule has 2 N–H and O–H groups in total. The molecule has 2 aliphatic rings. The first-order chi connectivity index (χ1) is 12.6. The van der Waals surface area contributed by atoms with Gasteiger partial charge in [0.2, 0.25) is 5.95 Å². The number of phenols is 1. The zero-order valence-electron chi connectivity index (χ0n) is 15.2. The second kappa shape index (κ2) is 7.11. The van der Waals surface area contributed by atoms with E-state index in [0.717, 1.165) is 55.2 Å². The third-order valence-electron chi connectivity index (χ3n) is 5.48. The van der Waals surface area contributed by atoms with Gasteiger partial charge in [-0.3, -0.25) is 14.7 Å². The van der Waals surface area contributed by atoms with Crippen molar-refractivity contribution in [2.75, 3.05) is 24.5 Å². The first kappa shape index (κ1) is 17.1. The Kier molecular flexibility index (Phi) is 4.68. The summed E-state index contributed by atoms with van der Waals surface area (Å²) in [6, 6.07) is 7.37. The van der Waals surface area contributed by atoms with Gasteiger partial charge in [-0.15, -0.1) is 0 Å². The van der Waals surface area contributed by atoms with E-state index in [-0.39, 0.29) is 5.56 Å².